The summed E-state index contributed by atoms with van der Waals surface area (Å²) in [6, 6.07) is 9.24. The maximum Gasteiger partial charge on any atom is 0.178 e. The predicted molar refractivity (Wildman–Crippen MR) is 87.1 cm³/mol. The van der Waals surface area contributed by atoms with Gasteiger partial charge in [0.05, 0.1) is 17.5 Å². The van der Waals surface area contributed by atoms with Crippen LogP contribution in [0.5, 0.6) is 0 Å². The fourth-order valence-electron chi connectivity index (χ4n) is 1.96. The lowest BCUT2D eigenvalue weighted by molar-refractivity contribution is -0.121. The Balaban J connectivity index is 2.45. The maximum absolute atomic E-state index is 12.3. The van der Waals surface area contributed by atoms with Crippen LogP contribution in [-0.4, -0.2) is 16.0 Å². The van der Waals surface area contributed by atoms with Gasteiger partial charge in [0.25, 0.3) is 0 Å². The van der Waals surface area contributed by atoms with E-state index in [-0.39, 0.29) is 11.4 Å². The van der Waals surface area contributed by atoms with Crippen LogP contribution >= 0.6 is 11.6 Å². The molecule has 2 rings (SSSR count). The van der Waals surface area contributed by atoms with Gasteiger partial charge in [0, 0.05) is 21.6 Å². The summed E-state index contributed by atoms with van der Waals surface area (Å²) in [6.45, 7) is 5.36. The smallest absolute Gasteiger partial charge is 0.178 e. The quantitative estimate of drug-likeness (QED) is 0.680. The van der Waals surface area contributed by atoms with E-state index >= 15 is 0 Å². The highest BCUT2D eigenvalue weighted by molar-refractivity contribution is 6.30. The first-order valence-corrected chi connectivity index (χ1v) is 7.16. The molecule has 112 valence electrons. The van der Waals surface area contributed by atoms with Gasteiger partial charge < -0.3 is 0 Å². The van der Waals surface area contributed by atoms with Gasteiger partial charge in [-0.3, -0.25) is 9.89 Å². The molecule has 0 fully saturated rings. The lowest BCUT2D eigenvalue weighted by atomic mass is 9.86. The van der Waals surface area contributed by atoms with Crippen molar-refractivity contribution in [1.82, 2.24) is 10.2 Å². The highest BCUT2D eigenvalue weighted by atomic mass is 35.5. The summed E-state index contributed by atoms with van der Waals surface area (Å²) in [5, 5.41) is 16.8. The number of H-pyrrole nitrogens is 1. The monoisotopic (exact) mass is 313 g/mol. The lowest BCUT2D eigenvalue weighted by Crippen LogP contribution is -2.21. The average Bonchev–Trinajstić information content (AvgIpc) is 2.92. The van der Waals surface area contributed by atoms with Crippen molar-refractivity contribution in [2.24, 2.45) is 5.41 Å². The zero-order valence-electron chi connectivity index (χ0n) is 12.6. The number of aromatic amines is 1. The Hall–Kier alpha value is -2.38. The minimum absolute atomic E-state index is 0.115. The highest BCUT2D eigenvalue weighted by Crippen LogP contribution is 2.26. The highest BCUT2D eigenvalue weighted by Gasteiger charge is 2.25. The van der Waals surface area contributed by atoms with Crippen molar-refractivity contribution < 1.29 is 4.79 Å². The second kappa shape index (κ2) is 6.17. The number of nitrogens with zero attached hydrogens (tertiary/aromatic N) is 2. The van der Waals surface area contributed by atoms with Gasteiger partial charge in [-0.25, -0.2) is 0 Å². The molecule has 1 aromatic heterocycles. The Morgan fingerprint density at radius 1 is 1.32 bits per heavy atom. The van der Waals surface area contributed by atoms with Crippen LogP contribution in [0.1, 0.15) is 26.3 Å². The molecule has 22 heavy (non-hydrogen) atoms. The van der Waals surface area contributed by atoms with Gasteiger partial charge in [-0.05, 0) is 18.2 Å². The summed E-state index contributed by atoms with van der Waals surface area (Å²) in [5.41, 5.74) is 1.83. The second-order valence-electron chi connectivity index (χ2n) is 5.96. The molecule has 0 aliphatic rings. The zero-order chi connectivity index (χ0) is 16.3. The molecule has 0 radical (unpaired) electrons. The number of hydrogen-bond acceptors (Lipinski definition) is 3. The molecule has 0 unspecified atom stereocenters. The minimum atomic E-state index is -0.605. The number of allylic oxidation sites excluding steroid dienone is 1. The number of carbonyl (C=O) groups is 1. The summed E-state index contributed by atoms with van der Waals surface area (Å²) in [7, 11) is 0. The van der Waals surface area contributed by atoms with E-state index in [1.54, 1.807) is 45.2 Å². The standard InChI is InChI=1S/C17H16ClN3O/c1-17(2,3)16(22)12(9-19)8-13-10-20-21-15(13)11-4-6-14(18)7-5-11/h4-8,10H,1-3H3,(H,20,21)/b12-8-. The zero-order valence-corrected chi connectivity index (χ0v) is 13.4. The number of carbonyl (C=O) groups excluding carboxylic acids is 1. The van der Waals surface area contributed by atoms with Crippen LogP contribution < -0.4 is 0 Å². The number of ketones is 1. The Morgan fingerprint density at radius 2 is 1.95 bits per heavy atom. The van der Waals surface area contributed by atoms with Crippen LogP contribution in [0.3, 0.4) is 0 Å². The van der Waals surface area contributed by atoms with Crippen LogP contribution in [0.4, 0.5) is 0 Å². The molecule has 0 spiro atoms. The molecule has 4 nitrogen and oxygen atoms in total. The second-order valence-corrected chi connectivity index (χ2v) is 6.39. The normalized spacial score (nSPS) is 12.0. The first kappa shape index (κ1) is 16.0. The largest absolute Gasteiger partial charge is 0.293 e. The van der Waals surface area contributed by atoms with Gasteiger partial charge in [-0.15, -0.1) is 0 Å². The number of aromatic nitrogens is 2. The Bertz CT molecular complexity index is 758. The average molecular weight is 314 g/mol. The molecule has 0 atom stereocenters. The molecule has 1 heterocycles. The van der Waals surface area contributed by atoms with Crippen LogP contribution in [0, 0.1) is 16.7 Å². The van der Waals surface area contributed by atoms with E-state index in [1.165, 1.54) is 0 Å². The van der Waals surface area contributed by atoms with Gasteiger partial charge in [0.15, 0.2) is 5.78 Å². The van der Waals surface area contributed by atoms with Crippen molar-refractivity contribution in [3.63, 3.8) is 0 Å². The van der Waals surface area contributed by atoms with Gasteiger partial charge in [-0.2, -0.15) is 10.4 Å². The molecule has 1 aromatic carbocycles. The molecule has 0 bridgehead atoms. The number of hydrogen-bond donors (Lipinski definition) is 1. The molecule has 0 saturated carbocycles. The molecular weight excluding hydrogens is 298 g/mol. The van der Waals surface area contributed by atoms with E-state index in [2.05, 4.69) is 10.2 Å². The maximum atomic E-state index is 12.3. The lowest BCUT2D eigenvalue weighted by Gasteiger charge is -2.15. The van der Waals surface area contributed by atoms with Gasteiger partial charge in [0.1, 0.15) is 6.07 Å². The molecule has 0 amide bonds. The van der Waals surface area contributed by atoms with Gasteiger partial charge in [-0.1, -0.05) is 44.5 Å². The molecule has 2 aromatic rings. The summed E-state index contributed by atoms with van der Waals surface area (Å²) < 4.78 is 0. The Labute approximate surface area is 134 Å². The molecule has 0 aliphatic heterocycles. The van der Waals surface area contributed by atoms with E-state index in [1.807, 2.05) is 18.2 Å². The van der Waals surface area contributed by atoms with Gasteiger partial charge >= 0.3 is 0 Å². The van der Waals surface area contributed by atoms with Crippen molar-refractivity contribution in [3.8, 4) is 17.3 Å². The van der Waals surface area contributed by atoms with Gasteiger partial charge in [0.2, 0.25) is 0 Å². The predicted octanol–water partition coefficient (Wildman–Crippen LogP) is 4.25. The summed E-state index contributed by atoms with van der Waals surface area (Å²) in [5.74, 6) is -0.196. The fourth-order valence-corrected chi connectivity index (χ4v) is 2.09. The number of nitrogens with one attached hydrogen (secondary N) is 1. The Morgan fingerprint density at radius 3 is 2.50 bits per heavy atom. The number of halogens is 1. The third-order valence-corrected chi connectivity index (χ3v) is 3.40. The third-order valence-electron chi connectivity index (χ3n) is 3.15. The van der Waals surface area contributed by atoms with E-state index in [0.717, 1.165) is 11.3 Å². The van der Waals surface area contributed by atoms with Crippen molar-refractivity contribution in [1.29, 1.82) is 5.26 Å². The summed E-state index contributed by atoms with van der Waals surface area (Å²) in [6.07, 6.45) is 3.16. The molecule has 5 heteroatoms. The molecule has 0 saturated heterocycles. The number of benzene rings is 1. The van der Waals surface area contributed by atoms with E-state index in [4.69, 9.17) is 11.6 Å². The van der Waals surface area contributed by atoms with E-state index in [0.29, 0.717) is 10.6 Å². The molecular formula is C17H16ClN3O. The topological polar surface area (TPSA) is 69.5 Å². The minimum Gasteiger partial charge on any atom is -0.293 e. The number of nitriles is 1. The van der Waals surface area contributed by atoms with Crippen molar-refractivity contribution in [2.45, 2.75) is 20.8 Å². The number of rotatable bonds is 3. The van der Waals surface area contributed by atoms with Crippen molar-refractivity contribution >= 4 is 23.5 Å². The Kier molecular flexibility index (Phi) is 4.48. The van der Waals surface area contributed by atoms with Crippen LogP contribution in [-0.2, 0) is 4.79 Å². The SMILES string of the molecule is CC(C)(C)C(=O)/C(C#N)=C\c1cn[nH]c1-c1ccc(Cl)cc1. The van der Waals surface area contributed by atoms with E-state index < -0.39 is 5.41 Å². The molecule has 1 N–H and O–H groups in total. The van der Waals surface area contributed by atoms with Crippen LogP contribution in [0.25, 0.3) is 17.3 Å². The summed E-state index contributed by atoms with van der Waals surface area (Å²) in [4.78, 5) is 12.3. The van der Waals surface area contributed by atoms with Crippen molar-refractivity contribution in [3.05, 3.63) is 46.6 Å². The summed E-state index contributed by atoms with van der Waals surface area (Å²) >= 11 is 5.89. The van der Waals surface area contributed by atoms with Crippen LogP contribution in [0.2, 0.25) is 5.02 Å². The first-order chi connectivity index (χ1) is 10.3. The van der Waals surface area contributed by atoms with Crippen LogP contribution in [0.15, 0.2) is 36.0 Å². The third kappa shape index (κ3) is 3.44. The molecule has 0 aliphatic carbocycles. The fraction of sp³-hybridized carbons (Fsp3) is 0.235. The first-order valence-electron chi connectivity index (χ1n) is 6.79. The van der Waals surface area contributed by atoms with E-state index in [9.17, 15) is 10.1 Å². The number of Topliss-reactive ketones (excluding diaryl/α,β-unsaturated/α-hetero) is 1. The van der Waals surface area contributed by atoms with Crippen molar-refractivity contribution in [2.75, 3.05) is 0 Å².